The van der Waals surface area contributed by atoms with E-state index in [0.29, 0.717) is 41.4 Å². The molecule has 0 saturated heterocycles. The van der Waals surface area contributed by atoms with Gasteiger partial charge in [-0.05, 0) is 66.7 Å². The maximum atomic E-state index is 14.6. The summed E-state index contributed by atoms with van der Waals surface area (Å²) in [6.07, 6.45) is 2.46. The largest absolute Gasteiger partial charge is 0.372 e. The highest BCUT2D eigenvalue weighted by Crippen LogP contribution is 2.42. The van der Waals surface area contributed by atoms with E-state index in [4.69, 9.17) is 5.73 Å². The number of urea groups is 1. The number of likely N-dealkylation sites (N-methyl/N-ethyl adjacent to an activating group) is 1. The summed E-state index contributed by atoms with van der Waals surface area (Å²) < 4.78 is 29.1. The van der Waals surface area contributed by atoms with Crippen molar-refractivity contribution in [3.63, 3.8) is 0 Å². The molecule has 0 atom stereocenters. The highest BCUT2D eigenvalue weighted by Gasteiger charge is 2.26. The van der Waals surface area contributed by atoms with Crippen molar-refractivity contribution in [2.45, 2.75) is 19.5 Å². The van der Waals surface area contributed by atoms with Crippen molar-refractivity contribution >= 4 is 39.7 Å². The summed E-state index contributed by atoms with van der Waals surface area (Å²) in [5, 5.41) is 9.15. The summed E-state index contributed by atoms with van der Waals surface area (Å²) in [6.45, 7) is 0.893. The lowest BCUT2D eigenvalue weighted by Gasteiger charge is -2.19. The fourth-order valence-electron chi connectivity index (χ4n) is 4.85. The van der Waals surface area contributed by atoms with Crippen LogP contribution < -0.4 is 21.7 Å². The molecule has 230 valence electrons. The van der Waals surface area contributed by atoms with Gasteiger partial charge in [-0.3, -0.25) is 9.78 Å². The fourth-order valence-corrected chi connectivity index (χ4v) is 6.06. The van der Waals surface area contributed by atoms with Gasteiger partial charge in [0.25, 0.3) is 5.91 Å². The van der Waals surface area contributed by atoms with E-state index in [1.165, 1.54) is 29.5 Å². The number of carbonyl (C=O) groups is 2. The minimum absolute atomic E-state index is 0.127. The highest BCUT2D eigenvalue weighted by molar-refractivity contribution is 7.20. The minimum atomic E-state index is -0.680. The Kier molecular flexibility index (Phi) is 10.1. The Morgan fingerprint density at radius 1 is 0.844 bits per heavy atom. The van der Waals surface area contributed by atoms with Gasteiger partial charge in [0.1, 0.15) is 16.6 Å². The zero-order chi connectivity index (χ0) is 31.8. The number of benzene rings is 3. The standard InChI is InChI=1S/C34H32F2N6O2S/c1-42(19-17-23-8-5-6-18-38-23)21-27-30(32(43)40-24-9-3-2-4-10-24)33(39-20-26-28(35)11-7-12-29(26)36)45-31(27)22-13-15-25(16-14-22)41-34(37)44/h2-16,18,39H,17,19-21H2,1H3,(H,40,43)(H3,37,41,44). The molecule has 0 radical (unpaired) electrons. The average molecular weight is 627 g/mol. The number of pyridine rings is 1. The van der Waals surface area contributed by atoms with Crippen LogP contribution in [0.3, 0.4) is 0 Å². The smallest absolute Gasteiger partial charge is 0.316 e. The molecule has 11 heteroatoms. The highest BCUT2D eigenvalue weighted by atomic mass is 32.1. The van der Waals surface area contributed by atoms with Gasteiger partial charge in [-0.15, -0.1) is 11.3 Å². The number of para-hydroxylation sites is 1. The Morgan fingerprint density at radius 3 is 2.20 bits per heavy atom. The first-order valence-corrected chi connectivity index (χ1v) is 15.0. The van der Waals surface area contributed by atoms with E-state index in [-0.39, 0.29) is 18.0 Å². The lowest BCUT2D eigenvalue weighted by Crippen LogP contribution is -2.23. The van der Waals surface area contributed by atoms with Gasteiger partial charge in [0.15, 0.2) is 0 Å². The van der Waals surface area contributed by atoms with Gasteiger partial charge in [0, 0.05) is 59.8 Å². The van der Waals surface area contributed by atoms with E-state index >= 15 is 0 Å². The third-order valence-corrected chi connectivity index (χ3v) is 8.31. The number of carbonyl (C=O) groups excluding carboxylic acids is 2. The summed E-state index contributed by atoms with van der Waals surface area (Å²) in [6, 6.07) is 25.0. The van der Waals surface area contributed by atoms with Crippen LogP contribution in [0.5, 0.6) is 0 Å². The Balaban J connectivity index is 1.55. The molecule has 0 unspecified atom stereocenters. The number of halogens is 2. The van der Waals surface area contributed by atoms with Crippen LogP contribution in [-0.2, 0) is 19.5 Å². The monoisotopic (exact) mass is 626 g/mol. The number of nitrogens with one attached hydrogen (secondary N) is 3. The number of hydrogen-bond acceptors (Lipinski definition) is 6. The number of nitrogens with two attached hydrogens (primary N) is 1. The van der Waals surface area contributed by atoms with Crippen LogP contribution in [0.2, 0.25) is 0 Å². The second kappa shape index (κ2) is 14.6. The molecule has 45 heavy (non-hydrogen) atoms. The molecular formula is C34H32F2N6O2S. The molecule has 0 aliphatic rings. The molecule has 0 aliphatic carbocycles. The molecule has 0 saturated carbocycles. The molecule has 0 fully saturated rings. The van der Waals surface area contributed by atoms with Crippen LogP contribution in [0.1, 0.15) is 27.2 Å². The van der Waals surface area contributed by atoms with Crippen molar-refractivity contribution in [3.8, 4) is 10.4 Å². The predicted molar refractivity (Wildman–Crippen MR) is 175 cm³/mol. The maximum Gasteiger partial charge on any atom is 0.316 e. The molecule has 2 aromatic heterocycles. The fraction of sp³-hybridized carbons (Fsp3) is 0.147. The predicted octanol–water partition coefficient (Wildman–Crippen LogP) is 7.12. The number of thiophene rings is 1. The molecule has 5 rings (SSSR count). The van der Waals surface area contributed by atoms with Crippen LogP contribution >= 0.6 is 11.3 Å². The van der Waals surface area contributed by atoms with Crippen LogP contribution in [0.4, 0.5) is 30.0 Å². The third-order valence-electron chi connectivity index (χ3n) is 7.07. The molecule has 3 amide bonds. The van der Waals surface area contributed by atoms with E-state index in [2.05, 4.69) is 25.8 Å². The Morgan fingerprint density at radius 2 is 1.53 bits per heavy atom. The van der Waals surface area contributed by atoms with E-state index in [0.717, 1.165) is 21.7 Å². The van der Waals surface area contributed by atoms with Crippen molar-refractivity contribution in [2.75, 3.05) is 29.5 Å². The molecule has 0 bridgehead atoms. The van der Waals surface area contributed by atoms with Crippen molar-refractivity contribution < 1.29 is 18.4 Å². The second-order valence-electron chi connectivity index (χ2n) is 10.4. The number of aromatic nitrogens is 1. The van der Waals surface area contributed by atoms with Crippen LogP contribution in [0.25, 0.3) is 10.4 Å². The normalized spacial score (nSPS) is 10.9. The summed E-state index contributed by atoms with van der Waals surface area (Å²) in [5.74, 6) is -1.72. The summed E-state index contributed by atoms with van der Waals surface area (Å²) in [7, 11) is 1.96. The van der Waals surface area contributed by atoms with Gasteiger partial charge < -0.3 is 26.6 Å². The number of nitrogens with zero attached hydrogens (tertiary/aromatic N) is 2. The third kappa shape index (κ3) is 8.08. The van der Waals surface area contributed by atoms with Gasteiger partial charge in [-0.1, -0.05) is 42.5 Å². The van der Waals surface area contributed by atoms with Crippen LogP contribution in [-0.4, -0.2) is 35.4 Å². The first-order chi connectivity index (χ1) is 21.8. The van der Waals surface area contributed by atoms with E-state index < -0.39 is 17.7 Å². The molecule has 8 nitrogen and oxygen atoms in total. The quantitative estimate of drug-likeness (QED) is 0.118. The maximum absolute atomic E-state index is 14.6. The second-order valence-corrected chi connectivity index (χ2v) is 11.4. The van der Waals surface area contributed by atoms with Crippen LogP contribution in [0.15, 0.2) is 97.2 Å². The molecule has 5 aromatic rings. The number of anilines is 3. The van der Waals surface area contributed by atoms with Gasteiger partial charge in [0.05, 0.1) is 5.56 Å². The van der Waals surface area contributed by atoms with E-state index in [9.17, 15) is 18.4 Å². The number of hydrogen-bond donors (Lipinski definition) is 4. The van der Waals surface area contributed by atoms with E-state index in [1.807, 2.05) is 55.6 Å². The first-order valence-electron chi connectivity index (χ1n) is 14.2. The van der Waals surface area contributed by atoms with Gasteiger partial charge in [-0.2, -0.15) is 0 Å². The SMILES string of the molecule is CN(CCc1ccccn1)Cc1c(-c2ccc(NC(N)=O)cc2)sc(NCc2c(F)cccc2F)c1C(=O)Nc1ccccc1. The molecule has 0 aliphatic heterocycles. The average Bonchev–Trinajstić information content (AvgIpc) is 3.38. The lowest BCUT2D eigenvalue weighted by atomic mass is 10.0. The Labute approximate surface area is 263 Å². The number of primary amides is 1. The minimum Gasteiger partial charge on any atom is -0.372 e. The van der Waals surface area contributed by atoms with Crippen LogP contribution in [0, 0.1) is 11.6 Å². The topological polar surface area (TPSA) is 112 Å². The number of amides is 3. The van der Waals surface area contributed by atoms with Gasteiger partial charge >= 0.3 is 6.03 Å². The summed E-state index contributed by atoms with van der Waals surface area (Å²) >= 11 is 1.32. The van der Waals surface area contributed by atoms with Gasteiger partial charge in [-0.25, -0.2) is 13.6 Å². The zero-order valence-corrected chi connectivity index (χ0v) is 25.3. The number of rotatable bonds is 12. The van der Waals surface area contributed by atoms with Crippen molar-refractivity contribution in [1.29, 1.82) is 0 Å². The summed E-state index contributed by atoms with van der Waals surface area (Å²) in [4.78, 5) is 32.7. The first kappa shape index (κ1) is 31.3. The summed E-state index contributed by atoms with van der Waals surface area (Å²) in [5.41, 5.74) is 9.14. The molecule has 0 spiro atoms. The van der Waals surface area contributed by atoms with Crippen molar-refractivity contribution in [3.05, 3.63) is 131 Å². The zero-order valence-electron chi connectivity index (χ0n) is 24.5. The van der Waals surface area contributed by atoms with E-state index in [1.54, 1.807) is 30.5 Å². The molecule has 3 aromatic carbocycles. The van der Waals surface area contributed by atoms with Gasteiger partial charge in [0.2, 0.25) is 0 Å². The van der Waals surface area contributed by atoms with Crippen molar-refractivity contribution in [1.82, 2.24) is 9.88 Å². The molecule has 5 N–H and O–H groups in total. The Hall–Kier alpha value is -5.13. The lowest BCUT2D eigenvalue weighted by molar-refractivity contribution is 0.102. The molecule has 2 heterocycles. The van der Waals surface area contributed by atoms with Crippen molar-refractivity contribution in [2.24, 2.45) is 5.73 Å². The molecular weight excluding hydrogens is 594 g/mol. The Bertz CT molecular complexity index is 1750.